The van der Waals surface area contributed by atoms with Crippen LogP contribution in [-0.4, -0.2) is 208 Å². The molecular formula is C38H49N15O29P4. The molecule has 4 aliphatic heterocycles. The number of phosphoric acid groups is 4. The van der Waals surface area contributed by atoms with Gasteiger partial charge in [-0.25, -0.2) is 47.8 Å². The van der Waals surface area contributed by atoms with E-state index in [1.54, 1.807) is 0 Å². The summed E-state index contributed by atoms with van der Waals surface area (Å²) in [5.74, 6) is -0.763. The number of nitrogens with two attached hydrogens (primary N) is 3. The Morgan fingerprint density at radius 2 is 0.988 bits per heavy atom. The molecule has 10 rings (SSSR count). The molecule has 0 spiro atoms. The van der Waals surface area contributed by atoms with Crippen LogP contribution < -0.4 is 39.7 Å². The number of aliphatic hydroxyl groups is 5. The first-order chi connectivity index (χ1) is 40.4. The van der Waals surface area contributed by atoms with Crippen molar-refractivity contribution in [1.29, 1.82) is 0 Å². The summed E-state index contributed by atoms with van der Waals surface area (Å²) in [7, 11) is -22.4. The molecule has 4 fully saturated rings. The smallest absolute Gasteiger partial charge is 0.387 e. The molecule has 0 radical (unpaired) electrons. The second kappa shape index (κ2) is 24.1. The van der Waals surface area contributed by atoms with Crippen molar-refractivity contribution in [3.63, 3.8) is 0 Å². The van der Waals surface area contributed by atoms with Gasteiger partial charge in [-0.15, -0.1) is 0 Å². The van der Waals surface area contributed by atoms with Gasteiger partial charge in [-0.3, -0.25) is 69.5 Å². The SMILES string of the molecule is Nc1ccn(C2OC(COP(=O)(O)OC3C(COP(=O)(O)OC4C(COP(=O)(O)OC5C(COP(=O)(O)O)OC(n6cnc7c(=O)[nH]c(N)nc76)C5O)OC(n5ccc(=O)[nH]c5=O)C4O)OC(n4cnc5c(N)ncnc54)C3O)C(O)C2O)c(=O)n1. The number of phosphoric ester groups is 4. The number of H-pyrrole nitrogens is 2. The maximum Gasteiger partial charge on any atom is 0.472 e. The lowest BCUT2D eigenvalue weighted by atomic mass is 10.1. The molecule has 0 bridgehead atoms. The van der Waals surface area contributed by atoms with Gasteiger partial charge in [0.15, 0.2) is 47.5 Å². The minimum absolute atomic E-state index is 0.0288. The van der Waals surface area contributed by atoms with Gasteiger partial charge in [0.05, 0.1) is 39.1 Å². The Hall–Kier alpha value is -6.06. The number of imidazole rings is 2. The van der Waals surface area contributed by atoms with E-state index in [1.807, 2.05) is 4.98 Å². The molecule has 0 amide bonds. The summed E-state index contributed by atoms with van der Waals surface area (Å²) < 4.78 is 115. The number of fused-ring (bicyclic) bond motifs is 2. The third-order valence-electron chi connectivity index (χ3n) is 13.3. The van der Waals surface area contributed by atoms with Crippen molar-refractivity contribution in [3.05, 3.63) is 85.2 Å². The van der Waals surface area contributed by atoms with Gasteiger partial charge in [0, 0.05) is 18.5 Å². The predicted octanol–water partition coefficient (Wildman–Crippen LogP) is -6.48. The number of ether oxygens (including phenoxy) is 4. The van der Waals surface area contributed by atoms with Gasteiger partial charge in [0.1, 0.15) is 90.9 Å². The van der Waals surface area contributed by atoms with Gasteiger partial charge in [-0.1, -0.05) is 0 Å². The van der Waals surface area contributed by atoms with Gasteiger partial charge in [-0.2, -0.15) is 9.97 Å². The lowest BCUT2D eigenvalue weighted by molar-refractivity contribution is -0.0647. The highest BCUT2D eigenvalue weighted by Gasteiger charge is 2.55. The van der Waals surface area contributed by atoms with Crippen LogP contribution in [0.4, 0.5) is 17.6 Å². The van der Waals surface area contributed by atoms with Crippen molar-refractivity contribution in [2.24, 2.45) is 0 Å². The molecule has 48 heteroatoms. The minimum atomic E-state index is -5.80. The average molecular weight is 1300 g/mol. The average Bonchev–Trinajstić information content (AvgIpc) is 2.43. The van der Waals surface area contributed by atoms with Crippen LogP contribution in [0.5, 0.6) is 0 Å². The summed E-state index contributed by atoms with van der Waals surface area (Å²) in [5, 5.41) is 56.1. The molecule has 18 N–H and O–H groups in total. The summed E-state index contributed by atoms with van der Waals surface area (Å²) in [5.41, 5.74) is 12.3. The van der Waals surface area contributed by atoms with Crippen LogP contribution in [0.2, 0.25) is 0 Å². The van der Waals surface area contributed by atoms with E-state index in [9.17, 15) is 87.4 Å². The topological polar surface area (TPSA) is 647 Å². The maximum absolute atomic E-state index is 14.0. The highest BCUT2D eigenvalue weighted by molar-refractivity contribution is 7.48. The predicted molar refractivity (Wildman–Crippen MR) is 272 cm³/mol. The molecule has 6 aromatic heterocycles. The van der Waals surface area contributed by atoms with Crippen LogP contribution in [0.1, 0.15) is 24.9 Å². The Balaban J connectivity index is 0.867. The number of rotatable bonds is 22. The van der Waals surface area contributed by atoms with Gasteiger partial charge >= 0.3 is 42.7 Å². The summed E-state index contributed by atoms with van der Waals surface area (Å²) in [6.45, 7) is -4.82. The highest BCUT2D eigenvalue weighted by atomic mass is 31.2. The van der Waals surface area contributed by atoms with E-state index < -0.39 is 184 Å². The monoisotopic (exact) mass is 1300 g/mol. The molecule has 6 aromatic rings. The zero-order valence-corrected chi connectivity index (χ0v) is 46.4. The lowest BCUT2D eigenvalue weighted by Gasteiger charge is -2.26. The Morgan fingerprint density at radius 3 is 1.51 bits per heavy atom. The van der Waals surface area contributed by atoms with Crippen molar-refractivity contribution in [1.82, 2.24) is 58.1 Å². The molecule has 4 saturated heterocycles. The first-order valence-corrected chi connectivity index (χ1v) is 30.4. The lowest BCUT2D eigenvalue weighted by Crippen LogP contribution is -2.39. The Bertz CT molecular complexity index is 3960. The van der Waals surface area contributed by atoms with Crippen LogP contribution in [0.25, 0.3) is 22.3 Å². The molecule has 0 aliphatic carbocycles. The van der Waals surface area contributed by atoms with E-state index in [-0.39, 0.29) is 34.0 Å². The highest BCUT2D eigenvalue weighted by Crippen LogP contribution is 2.54. The fourth-order valence-corrected chi connectivity index (χ4v) is 12.6. The second-order valence-corrected chi connectivity index (χ2v) is 24.4. The van der Waals surface area contributed by atoms with Crippen LogP contribution in [0.15, 0.2) is 62.7 Å². The van der Waals surface area contributed by atoms with Crippen LogP contribution in [-0.2, 0) is 68.9 Å². The molecule has 19 atom stereocenters. The van der Waals surface area contributed by atoms with E-state index in [2.05, 4.69) is 39.4 Å². The summed E-state index contributed by atoms with van der Waals surface area (Å²) in [6.07, 6.45) is -26.6. The molecular weight excluding hydrogens is 1250 g/mol. The van der Waals surface area contributed by atoms with Gasteiger partial charge < -0.3 is 86.1 Å². The number of aromatic amines is 2. The molecule has 19 unspecified atom stereocenters. The van der Waals surface area contributed by atoms with Crippen molar-refractivity contribution in [3.8, 4) is 0 Å². The van der Waals surface area contributed by atoms with Gasteiger partial charge in [0.2, 0.25) is 5.95 Å². The number of nitrogen functional groups attached to an aromatic ring is 3. The first kappa shape index (κ1) is 63.0. The Kier molecular flexibility index (Phi) is 17.7. The number of hydrogen-bond donors (Lipinski definition) is 15. The zero-order chi connectivity index (χ0) is 62.1. The van der Waals surface area contributed by atoms with E-state index in [1.165, 1.54) is 6.07 Å². The second-order valence-electron chi connectivity index (χ2n) is 18.9. The third kappa shape index (κ3) is 13.2. The van der Waals surface area contributed by atoms with Gasteiger partial charge in [-0.05, 0) is 6.07 Å². The standard InChI is InChI=1S/C38H49N15O29P4/c39-16-1-3-50(37(61)46-16)32-21(56)20(55)12(76-32)5-73-84(66,67)82-27-15(79-34(23(27)58)52-10-44-18-28(40)42-9-43-29(18)52)8-75-86(70,71)81-26-14(77-33(22(26)57)51-4-2-17(54)47-38(51)62)7-74-85(68,69)80-25-13(6-72-83(63,64)65)78-35(24(25)59)53-11-45-19-30(53)48-36(41)49-31(19)60/h1-4,9-15,20-27,32-35,55-59H,5-8H2,(H,66,67)(H,68,69)(H,70,71)(H2,39,46,61)(H2,40,42,43)(H,47,54,62)(H2,63,64,65)(H3,41,48,49,60). The molecule has 86 heavy (non-hydrogen) atoms. The number of aliphatic hydroxyl groups excluding tert-OH is 5. The van der Waals surface area contributed by atoms with Crippen LogP contribution in [0.3, 0.4) is 0 Å². The number of anilines is 3. The van der Waals surface area contributed by atoms with Crippen LogP contribution in [0, 0.1) is 0 Å². The Morgan fingerprint density at radius 1 is 0.523 bits per heavy atom. The maximum atomic E-state index is 14.0. The van der Waals surface area contributed by atoms with E-state index in [4.69, 9.17) is 63.3 Å². The molecule has 0 saturated carbocycles. The molecule has 4 aliphatic rings. The summed E-state index contributed by atoms with van der Waals surface area (Å²) in [4.78, 5) is 129. The van der Waals surface area contributed by atoms with Crippen molar-refractivity contribution in [2.75, 3.05) is 43.6 Å². The number of hydrogen-bond acceptors (Lipinski definition) is 33. The zero-order valence-electron chi connectivity index (χ0n) is 42.8. The van der Waals surface area contributed by atoms with Gasteiger partial charge in [0.25, 0.3) is 11.1 Å². The molecule has 470 valence electrons. The summed E-state index contributed by atoms with van der Waals surface area (Å²) in [6, 6.07) is 1.97. The number of nitrogens with zero attached hydrogens (tertiary/aromatic N) is 10. The molecule has 0 aromatic carbocycles. The third-order valence-corrected chi connectivity index (χ3v) is 16.7. The van der Waals surface area contributed by atoms with Crippen molar-refractivity contribution in [2.45, 2.75) is 98.2 Å². The van der Waals surface area contributed by atoms with Crippen LogP contribution >= 0.6 is 31.3 Å². The largest absolute Gasteiger partial charge is 0.472 e. The normalized spacial score (nSPS) is 31.8. The quantitative estimate of drug-likeness (QED) is 0.0281. The van der Waals surface area contributed by atoms with E-state index in [0.717, 1.165) is 51.1 Å². The van der Waals surface area contributed by atoms with Crippen molar-refractivity contribution >= 4 is 71.2 Å². The number of aromatic nitrogens is 12. The minimum Gasteiger partial charge on any atom is -0.387 e. The fourth-order valence-electron chi connectivity index (χ4n) is 9.40. The van der Waals surface area contributed by atoms with Crippen molar-refractivity contribution < 1.29 is 119 Å². The fraction of sp³-hybridized carbons (Fsp3) is 0.526. The summed E-state index contributed by atoms with van der Waals surface area (Å²) >= 11 is 0. The molecule has 10 heterocycles. The van der Waals surface area contributed by atoms with E-state index in [0.29, 0.717) is 4.57 Å². The number of nitrogens with one attached hydrogen (secondary N) is 2. The first-order valence-electron chi connectivity index (χ1n) is 24.4. The molecule has 44 nitrogen and oxygen atoms in total. The Labute approximate surface area is 474 Å². The van der Waals surface area contributed by atoms with E-state index >= 15 is 0 Å².